The Morgan fingerprint density at radius 2 is 2.00 bits per heavy atom. The van der Waals surface area contributed by atoms with E-state index in [4.69, 9.17) is 16.3 Å². The van der Waals surface area contributed by atoms with Gasteiger partial charge >= 0.3 is 0 Å². The molecule has 1 fully saturated rings. The second kappa shape index (κ2) is 10.0. The molecular formula is C23H26ClN5O3S. The highest BCUT2D eigenvalue weighted by molar-refractivity contribution is 7.09. The van der Waals surface area contributed by atoms with Gasteiger partial charge < -0.3 is 15.0 Å². The van der Waals surface area contributed by atoms with E-state index in [1.54, 1.807) is 20.9 Å². The van der Waals surface area contributed by atoms with Crippen LogP contribution in [-0.4, -0.2) is 57.3 Å². The molecule has 3 heterocycles. The van der Waals surface area contributed by atoms with Gasteiger partial charge in [0.05, 0.1) is 46.8 Å². The number of hydrogen-bond acceptors (Lipinski definition) is 6. The summed E-state index contributed by atoms with van der Waals surface area (Å²) in [6.07, 6.45) is -0.434. The number of nitrogens with one attached hydrogen (secondary N) is 1. The molecule has 3 aromatic rings. The Labute approximate surface area is 201 Å². The Balaban J connectivity index is 1.31. The first-order valence-electron chi connectivity index (χ1n) is 10.7. The number of rotatable bonds is 6. The van der Waals surface area contributed by atoms with E-state index in [9.17, 15) is 9.59 Å². The molecule has 10 heteroatoms. The predicted molar refractivity (Wildman–Crippen MR) is 129 cm³/mol. The second-order valence-electron chi connectivity index (χ2n) is 7.98. The third-order valence-corrected chi connectivity index (χ3v) is 6.93. The number of anilines is 1. The highest BCUT2D eigenvalue weighted by atomic mass is 35.5. The quantitative estimate of drug-likeness (QED) is 0.570. The molecule has 0 radical (unpaired) electrons. The Hall–Kier alpha value is -2.75. The van der Waals surface area contributed by atoms with Gasteiger partial charge in [-0.3, -0.25) is 14.3 Å². The van der Waals surface area contributed by atoms with Gasteiger partial charge in [0, 0.05) is 29.6 Å². The number of halogens is 1. The Kier molecular flexibility index (Phi) is 7.11. The number of ether oxygens (including phenoxy) is 1. The Bertz CT molecular complexity index is 1160. The zero-order valence-corrected chi connectivity index (χ0v) is 20.4. The SMILES string of the molecule is Cc1nc(-c2ccc(NC(=O)C3CN(C(=O)CCn4nc(C)c(Cl)c4C)CCO3)cc2)cs1. The highest BCUT2D eigenvalue weighted by Gasteiger charge is 2.29. The minimum Gasteiger partial charge on any atom is -0.365 e. The fraction of sp³-hybridized carbons (Fsp3) is 0.391. The molecule has 174 valence electrons. The third kappa shape index (κ3) is 5.43. The standard InChI is InChI=1S/C23H26ClN5O3S/c1-14-22(24)15(2)29(27-14)9-8-21(30)28-10-11-32-20(12-28)23(31)26-18-6-4-17(5-7-18)19-13-33-16(3)25-19/h4-7,13,20H,8-12H2,1-3H3,(H,26,31). The van der Waals surface area contributed by atoms with Crippen LogP contribution in [0.4, 0.5) is 5.69 Å². The van der Waals surface area contributed by atoms with Crippen molar-refractivity contribution in [3.05, 3.63) is 51.1 Å². The van der Waals surface area contributed by atoms with E-state index in [1.807, 2.05) is 50.4 Å². The van der Waals surface area contributed by atoms with Crippen molar-refractivity contribution in [3.63, 3.8) is 0 Å². The summed E-state index contributed by atoms with van der Waals surface area (Å²) in [6.45, 7) is 7.13. The van der Waals surface area contributed by atoms with Crippen molar-refractivity contribution in [2.75, 3.05) is 25.0 Å². The van der Waals surface area contributed by atoms with Crippen LogP contribution >= 0.6 is 22.9 Å². The molecule has 1 aromatic carbocycles. The fourth-order valence-electron chi connectivity index (χ4n) is 3.73. The lowest BCUT2D eigenvalue weighted by Gasteiger charge is -2.32. The zero-order chi connectivity index (χ0) is 23.5. The van der Waals surface area contributed by atoms with Gasteiger partial charge in [0.1, 0.15) is 0 Å². The average molecular weight is 488 g/mol. The van der Waals surface area contributed by atoms with Crippen molar-refractivity contribution in [1.29, 1.82) is 0 Å². The van der Waals surface area contributed by atoms with E-state index in [1.165, 1.54) is 0 Å². The smallest absolute Gasteiger partial charge is 0.255 e. The van der Waals surface area contributed by atoms with Gasteiger partial charge in [0.15, 0.2) is 6.10 Å². The monoisotopic (exact) mass is 487 g/mol. The van der Waals surface area contributed by atoms with Crippen LogP contribution in [0.5, 0.6) is 0 Å². The van der Waals surface area contributed by atoms with Crippen LogP contribution in [0, 0.1) is 20.8 Å². The number of benzene rings is 1. The van der Waals surface area contributed by atoms with Crippen molar-refractivity contribution in [1.82, 2.24) is 19.7 Å². The van der Waals surface area contributed by atoms with E-state index < -0.39 is 6.10 Å². The summed E-state index contributed by atoms with van der Waals surface area (Å²) >= 11 is 7.78. The van der Waals surface area contributed by atoms with Gasteiger partial charge in [-0.05, 0) is 32.9 Å². The van der Waals surface area contributed by atoms with E-state index >= 15 is 0 Å². The molecule has 0 spiro atoms. The highest BCUT2D eigenvalue weighted by Crippen LogP contribution is 2.23. The first kappa shape index (κ1) is 23.4. The molecule has 0 aliphatic carbocycles. The van der Waals surface area contributed by atoms with Crippen LogP contribution in [0.2, 0.25) is 5.02 Å². The molecule has 2 aromatic heterocycles. The number of carbonyl (C=O) groups excluding carboxylic acids is 2. The number of aromatic nitrogens is 3. The largest absolute Gasteiger partial charge is 0.365 e. The molecule has 1 unspecified atom stereocenters. The molecular weight excluding hydrogens is 462 g/mol. The summed E-state index contributed by atoms with van der Waals surface area (Å²) in [5.74, 6) is -0.308. The molecule has 1 aliphatic heterocycles. The number of carbonyl (C=O) groups is 2. The number of hydrogen-bond donors (Lipinski definition) is 1. The van der Waals surface area contributed by atoms with Crippen LogP contribution in [0.15, 0.2) is 29.6 Å². The van der Waals surface area contributed by atoms with E-state index in [0.717, 1.165) is 27.7 Å². The van der Waals surface area contributed by atoms with Gasteiger partial charge in [-0.15, -0.1) is 11.3 Å². The summed E-state index contributed by atoms with van der Waals surface area (Å²) in [6, 6.07) is 7.53. The van der Waals surface area contributed by atoms with Crippen molar-refractivity contribution < 1.29 is 14.3 Å². The zero-order valence-electron chi connectivity index (χ0n) is 18.8. The Morgan fingerprint density at radius 3 is 2.64 bits per heavy atom. The molecule has 1 aliphatic rings. The van der Waals surface area contributed by atoms with Gasteiger partial charge in [0.25, 0.3) is 5.91 Å². The van der Waals surface area contributed by atoms with E-state index in [0.29, 0.717) is 30.4 Å². The van der Waals surface area contributed by atoms with Crippen LogP contribution < -0.4 is 5.32 Å². The number of aryl methyl sites for hydroxylation is 3. The molecule has 4 rings (SSSR count). The molecule has 33 heavy (non-hydrogen) atoms. The summed E-state index contributed by atoms with van der Waals surface area (Å²) in [7, 11) is 0. The van der Waals surface area contributed by atoms with Crippen LogP contribution in [0.25, 0.3) is 11.3 Å². The summed E-state index contributed by atoms with van der Waals surface area (Å²) in [5, 5.41) is 10.9. The number of amides is 2. The van der Waals surface area contributed by atoms with Crippen LogP contribution in [0.1, 0.15) is 22.8 Å². The predicted octanol–water partition coefficient (Wildman–Crippen LogP) is 3.84. The van der Waals surface area contributed by atoms with Gasteiger partial charge in [-0.25, -0.2) is 4.98 Å². The lowest BCUT2D eigenvalue weighted by atomic mass is 10.1. The van der Waals surface area contributed by atoms with Crippen molar-refractivity contribution in [3.8, 4) is 11.3 Å². The lowest BCUT2D eigenvalue weighted by Crippen LogP contribution is -2.50. The average Bonchev–Trinajstić information content (AvgIpc) is 3.36. The molecule has 1 atom stereocenters. The van der Waals surface area contributed by atoms with Gasteiger partial charge in [-0.1, -0.05) is 23.7 Å². The lowest BCUT2D eigenvalue weighted by molar-refractivity contribution is -0.144. The van der Waals surface area contributed by atoms with Gasteiger partial charge in [0.2, 0.25) is 5.91 Å². The summed E-state index contributed by atoms with van der Waals surface area (Å²) in [5.41, 5.74) is 4.18. The Morgan fingerprint density at radius 1 is 1.24 bits per heavy atom. The summed E-state index contributed by atoms with van der Waals surface area (Å²) in [4.78, 5) is 31.6. The van der Waals surface area contributed by atoms with Crippen LogP contribution in [0.3, 0.4) is 0 Å². The number of thiazole rings is 1. The number of nitrogens with zero attached hydrogens (tertiary/aromatic N) is 4. The maximum atomic E-state index is 12.7. The first-order chi connectivity index (χ1) is 15.8. The maximum Gasteiger partial charge on any atom is 0.255 e. The molecule has 8 nitrogen and oxygen atoms in total. The third-order valence-electron chi connectivity index (χ3n) is 5.61. The van der Waals surface area contributed by atoms with Gasteiger partial charge in [-0.2, -0.15) is 5.10 Å². The fourth-order valence-corrected chi connectivity index (χ4v) is 4.49. The maximum absolute atomic E-state index is 12.7. The van der Waals surface area contributed by atoms with Crippen molar-refractivity contribution in [2.24, 2.45) is 0 Å². The van der Waals surface area contributed by atoms with Crippen molar-refractivity contribution in [2.45, 2.75) is 39.8 Å². The molecule has 1 saturated heterocycles. The first-order valence-corrected chi connectivity index (χ1v) is 12.0. The number of morpholine rings is 1. The second-order valence-corrected chi connectivity index (χ2v) is 9.42. The summed E-state index contributed by atoms with van der Waals surface area (Å²) < 4.78 is 7.39. The molecule has 2 amide bonds. The van der Waals surface area contributed by atoms with Crippen LogP contribution in [-0.2, 0) is 20.9 Å². The molecule has 0 bridgehead atoms. The molecule has 1 N–H and O–H groups in total. The van der Waals surface area contributed by atoms with E-state index in [2.05, 4.69) is 15.4 Å². The topological polar surface area (TPSA) is 89.4 Å². The van der Waals surface area contributed by atoms with Crippen molar-refractivity contribution >= 4 is 40.4 Å². The minimum atomic E-state index is -0.716. The minimum absolute atomic E-state index is 0.0392. The molecule has 0 saturated carbocycles. The van der Waals surface area contributed by atoms with E-state index in [-0.39, 0.29) is 24.8 Å². The normalized spacial score (nSPS) is 16.1.